The molecule has 0 radical (unpaired) electrons. The van der Waals surface area contributed by atoms with E-state index in [4.69, 9.17) is 0 Å². The van der Waals surface area contributed by atoms with Gasteiger partial charge in [0, 0.05) is 11.0 Å². The monoisotopic (exact) mass is 301 g/mol. The number of methoxy groups -OCH3 is 1. The molecule has 0 bridgehead atoms. The standard InChI is InChI=1S/C11H12BrNO4/c1-17-10(15)4-5-13-11(16)8-3-2-7(12)6-9(8)14/h2-3,6,14H,4-5H2,1H3,(H,13,16). The first-order chi connectivity index (χ1) is 8.04. The van der Waals surface area contributed by atoms with Crippen LogP contribution in [0.2, 0.25) is 0 Å². The lowest BCUT2D eigenvalue weighted by molar-refractivity contribution is -0.140. The average Bonchev–Trinajstić information content (AvgIpc) is 2.28. The molecule has 0 atom stereocenters. The first-order valence-electron chi connectivity index (χ1n) is 4.88. The summed E-state index contributed by atoms with van der Waals surface area (Å²) < 4.78 is 5.11. The second kappa shape index (κ2) is 6.24. The second-order valence-electron chi connectivity index (χ2n) is 3.24. The minimum atomic E-state index is -0.432. The largest absolute Gasteiger partial charge is 0.507 e. The van der Waals surface area contributed by atoms with Crippen molar-refractivity contribution in [3.05, 3.63) is 28.2 Å². The van der Waals surface area contributed by atoms with E-state index in [-0.39, 0.29) is 24.3 Å². The summed E-state index contributed by atoms with van der Waals surface area (Å²) in [5.74, 6) is -0.945. The zero-order valence-corrected chi connectivity index (χ0v) is 10.8. The molecule has 92 valence electrons. The van der Waals surface area contributed by atoms with Crippen LogP contribution in [0.3, 0.4) is 0 Å². The molecule has 1 rings (SSSR count). The molecule has 1 aromatic carbocycles. The molecule has 0 aromatic heterocycles. The number of rotatable bonds is 4. The predicted octanol–water partition coefficient (Wildman–Crippen LogP) is 1.45. The molecule has 0 aliphatic rings. The van der Waals surface area contributed by atoms with Crippen LogP contribution in [0.15, 0.2) is 22.7 Å². The van der Waals surface area contributed by atoms with Gasteiger partial charge in [-0.25, -0.2) is 0 Å². The Bertz CT molecular complexity index is 433. The van der Waals surface area contributed by atoms with E-state index in [1.54, 1.807) is 6.07 Å². The highest BCUT2D eigenvalue weighted by atomic mass is 79.9. The van der Waals surface area contributed by atoms with Gasteiger partial charge in [-0.1, -0.05) is 15.9 Å². The number of hydrogen-bond donors (Lipinski definition) is 2. The molecule has 17 heavy (non-hydrogen) atoms. The number of hydrogen-bond acceptors (Lipinski definition) is 4. The van der Waals surface area contributed by atoms with E-state index in [1.807, 2.05) is 0 Å². The van der Waals surface area contributed by atoms with E-state index in [1.165, 1.54) is 19.2 Å². The molecule has 0 aliphatic heterocycles. The summed E-state index contributed by atoms with van der Waals surface area (Å²) in [5.41, 5.74) is 0.165. The Labute approximate surface area is 107 Å². The number of esters is 1. The van der Waals surface area contributed by atoms with Crippen LogP contribution in [0.25, 0.3) is 0 Å². The third-order valence-corrected chi connectivity index (χ3v) is 2.54. The molecule has 5 nitrogen and oxygen atoms in total. The Kier molecular flexibility index (Phi) is 4.96. The lowest BCUT2D eigenvalue weighted by Crippen LogP contribution is -2.26. The number of phenols is 1. The SMILES string of the molecule is COC(=O)CCNC(=O)c1ccc(Br)cc1O. The van der Waals surface area contributed by atoms with Crippen molar-refractivity contribution >= 4 is 27.8 Å². The predicted molar refractivity (Wildman–Crippen MR) is 64.8 cm³/mol. The van der Waals surface area contributed by atoms with Gasteiger partial charge in [0.2, 0.25) is 0 Å². The fraction of sp³-hybridized carbons (Fsp3) is 0.273. The summed E-state index contributed by atoms with van der Waals surface area (Å²) in [5, 5.41) is 12.0. The Morgan fingerprint density at radius 1 is 1.47 bits per heavy atom. The number of amides is 1. The maximum atomic E-state index is 11.6. The van der Waals surface area contributed by atoms with Gasteiger partial charge >= 0.3 is 5.97 Å². The maximum absolute atomic E-state index is 11.6. The number of benzene rings is 1. The van der Waals surface area contributed by atoms with Gasteiger partial charge in [0.15, 0.2) is 0 Å². The number of carbonyl (C=O) groups excluding carboxylic acids is 2. The summed E-state index contributed by atoms with van der Waals surface area (Å²) in [6, 6.07) is 4.57. The molecule has 0 spiro atoms. The molecule has 0 saturated heterocycles. The number of halogens is 1. The van der Waals surface area contributed by atoms with Gasteiger partial charge in [-0.15, -0.1) is 0 Å². The van der Waals surface area contributed by atoms with Gasteiger partial charge in [-0.3, -0.25) is 9.59 Å². The molecule has 0 heterocycles. The summed E-state index contributed by atoms with van der Waals surface area (Å²) in [6.45, 7) is 0.168. The van der Waals surface area contributed by atoms with Crippen molar-refractivity contribution in [3.63, 3.8) is 0 Å². The topological polar surface area (TPSA) is 75.6 Å². The fourth-order valence-electron chi connectivity index (χ4n) is 1.17. The van der Waals surface area contributed by atoms with Gasteiger partial charge in [-0.2, -0.15) is 0 Å². The first-order valence-corrected chi connectivity index (χ1v) is 5.67. The first kappa shape index (κ1) is 13.5. The lowest BCUT2D eigenvalue weighted by Gasteiger charge is -2.06. The Balaban J connectivity index is 2.55. The zero-order chi connectivity index (χ0) is 12.8. The summed E-state index contributed by atoms with van der Waals surface area (Å²) in [6.07, 6.45) is 0.0968. The summed E-state index contributed by atoms with van der Waals surface area (Å²) in [4.78, 5) is 22.4. The van der Waals surface area contributed by atoms with E-state index >= 15 is 0 Å². The smallest absolute Gasteiger partial charge is 0.307 e. The molecule has 6 heteroatoms. The molecule has 0 aliphatic carbocycles. The second-order valence-corrected chi connectivity index (χ2v) is 4.16. The third-order valence-electron chi connectivity index (χ3n) is 2.05. The van der Waals surface area contributed by atoms with E-state index in [2.05, 4.69) is 26.0 Å². The minimum absolute atomic E-state index is 0.0968. The van der Waals surface area contributed by atoms with Crippen LogP contribution < -0.4 is 5.32 Å². The van der Waals surface area contributed by atoms with Crippen LogP contribution in [-0.4, -0.2) is 30.6 Å². The normalized spacial score (nSPS) is 9.76. The van der Waals surface area contributed by atoms with E-state index in [9.17, 15) is 14.7 Å². The Hall–Kier alpha value is -1.56. The minimum Gasteiger partial charge on any atom is -0.507 e. The lowest BCUT2D eigenvalue weighted by atomic mass is 10.2. The molecule has 0 fully saturated rings. The number of nitrogens with one attached hydrogen (secondary N) is 1. The van der Waals surface area contributed by atoms with E-state index in [0.29, 0.717) is 4.47 Å². The van der Waals surface area contributed by atoms with Crippen molar-refractivity contribution in [2.24, 2.45) is 0 Å². The van der Waals surface area contributed by atoms with Crippen LogP contribution in [0, 0.1) is 0 Å². The number of carbonyl (C=O) groups is 2. The van der Waals surface area contributed by atoms with Gasteiger partial charge in [0.05, 0.1) is 19.1 Å². The summed E-state index contributed by atoms with van der Waals surface area (Å²) in [7, 11) is 1.28. The molecule has 2 N–H and O–H groups in total. The van der Waals surface area contributed by atoms with Gasteiger partial charge < -0.3 is 15.2 Å². The van der Waals surface area contributed by atoms with Gasteiger partial charge in [-0.05, 0) is 18.2 Å². The molecular weight excluding hydrogens is 290 g/mol. The van der Waals surface area contributed by atoms with E-state index in [0.717, 1.165) is 0 Å². The van der Waals surface area contributed by atoms with Crippen LogP contribution in [0.1, 0.15) is 16.8 Å². The van der Waals surface area contributed by atoms with Gasteiger partial charge in [0.25, 0.3) is 5.91 Å². The number of phenolic OH excluding ortho intramolecular Hbond substituents is 1. The van der Waals surface area contributed by atoms with Crippen molar-refractivity contribution in [3.8, 4) is 5.75 Å². The summed E-state index contributed by atoms with van der Waals surface area (Å²) >= 11 is 3.17. The average molecular weight is 302 g/mol. The molecular formula is C11H12BrNO4. The highest BCUT2D eigenvalue weighted by molar-refractivity contribution is 9.10. The number of ether oxygens (including phenoxy) is 1. The van der Waals surface area contributed by atoms with Gasteiger partial charge in [0.1, 0.15) is 5.75 Å². The molecule has 0 saturated carbocycles. The van der Waals surface area contributed by atoms with E-state index < -0.39 is 11.9 Å². The molecule has 0 unspecified atom stereocenters. The third kappa shape index (κ3) is 4.07. The van der Waals surface area contributed by atoms with Crippen LogP contribution in [-0.2, 0) is 9.53 Å². The maximum Gasteiger partial charge on any atom is 0.307 e. The van der Waals surface area contributed by atoms with Crippen LogP contribution in [0.4, 0.5) is 0 Å². The van der Waals surface area contributed by atoms with Crippen LogP contribution >= 0.6 is 15.9 Å². The highest BCUT2D eigenvalue weighted by Gasteiger charge is 2.11. The van der Waals surface area contributed by atoms with Crippen molar-refractivity contribution in [2.45, 2.75) is 6.42 Å². The molecule has 1 aromatic rings. The van der Waals surface area contributed by atoms with Crippen molar-refractivity contribution in [2.75, 3.05) is 13.7 Å². The Morgan fingerprint density at radius 3 is 2.76 bits per heavy atom. The fourth-order valence-corrected chi connectivity index (χ4v) is 1.52. The number of aromatic hydroxyl groups is 1. The van der Waals surface area contributed by atoms with Crippen molar-refractivity contribution in [1.82, 2.24) is 5.32 Å². The highest BCUT2D eigenvalue weighted by Crippen LogP contribution is 2.21. The van der Waals surface area contributed by atoms with Crippen molar-refractivity contribution < 1.29 is 19.4 Å². The van der Waals surface area contributed by atoms with Crippen molar-refractivity contribution in [1.29, 1.82) is 0 Å². The van der Waals surface area contributed by atoms with Crippen LogP contribution in [0.5, 0.6) is 5.75 Å². The quantitative estimate of drug-likeness (QED) is 0.825. The zero-order valence-electron chi connectivity index (χ0n) is 9.20. The molecule has 1 amide bonds. The Morgan fingerprint density at radius 2 is 2.18 bits per heavy atom.